The fourth-order valence-corrected chi connectivity index (χ4v) is 3.34. The summed E-state index contributed by atoms with van der Waals surface area (Å²) in [5.41, 5.74) is 2.24. The van der Waals surface area contributed by atoms with Crippen molar-refractivity contribution in [1.82, 2.24) is 9.80 Å². The lowest BCUT2D eigenvalue weighted by molar-refractivity contribution is 0.0455. The molecule has 0 N–H and O–H groups in total. The summed E-state index contributed by atoms with van der Waals surface area (Å²) in [6, 6.07) is 8.96. The Morgan fingerprint density at radius 2 is 1.59 bits per heavy atom. The van der Waals surface area contributed by atoms with Crippen LogP contribution in [-0.4, -0.2) is 47.9 Å². The Kier molecular flexibility index (Phi) is 4.26. The molecule has 1 saturated carbocycles. The summed E-state index contributed by atoms with van der Waals surface area (Å²) >= 11 is 0. The fourth-order valence-electron chi connectivity index (χ4n) is 3.34. The van der Waals surface area contributed by atoms with Gasteiger partial charge in [-0.1, -0.05) is 39.3 Å². The van der Waals surface area contributed by atoms with Gasteiger partial charge in [-0.25, -0.2) is 0 Å². The number of nitrogens with zero attached hydrogens (tertiary/aromatic N) is 2. The molecule has 3 rings (SSSR count). The predicted octanol–water partition coefficient (Wildman–Crippen LogP) is 3.29. The van der Waals surface area contributed by atoms with E-state index >= 15 is 0 Å². The summed E-state index contributed by atoms with van der Waals surface area (Å²) in [6.07, 6.45) is 4.08. The Labute approximate surface area is 134 Å². The predicted molar refractivity (Wildman–Crippen MR) is 90.3 cm³/mol. The van der Waals surface area contributed by atoms with Crippen LogP contribution in [0.4, 0.5) is 0 Å². The van der Waals surface area contributed by atoms with E-state index in [4.69, 9.17) is 0 Å². The number of hydrogen-bond donors (Lipinski definition) is 0. The van der Waals surface area contributed by atoms with Gasteiger partial charge in [0.2, 0.25) is 0 Å². The zero-order chi connectivity index (χ0) is 15.7. The fraction of sp³-hybridized carbons (Fsp3) is 0.632. The SMILES string of the molecule is CC(C)(C)c1ccc(C(=O)N2CCN(C3CCC3)CC2)cc1. The van der Waals surface area contributed by atoms with Crippen LogP contribution in [0, 0.1) is 0 Å². The molecule has 1 aliphatic carbocycles. The molecule has 1 saturated heterocycles. The van der Waals surface area contributed by atoms with E-state index in [2.05, 4.69) is 37.8 Å². The molecule has 1 amide bonds. The van der Waals surface area contributed by atoms with Crippen molar-refractivity contribution in [3.63, 3.8) is 0 Å². The third-order valence-corrected chi connectivity index (χ3v) is 5.19. The molecule has 0 spiro atoms. The second kappa shape index (κ2) is 6.04. The number of carbonyl (C=O) groups is 1. The quantitative estimate of drug-likeness (QED) is 0.837. The number of hydrogen-bond acceptors (Lipinski definition) is 2. The second-order valence-corrected chi connectivity index (χ2v) is 7.74. The Morgan fingerprint density at radius 3 is 2.05 bits per heavy atom. The smallest absolute Gasteiger partial charge is 0.253 e. The van der Waals surface area contributed by atoms with E-state index in [1.54, 1.807) is 0 Å². The van der Waals surface area contributed by atoms with E-state index in [-0.39, 0.29) is 11.3 Å². The molecule has 1 heterocycles. The summed E-state index contributed by atoms with van der Waals surface area (Å²) in [5.74, 6) is 0.189. The summed E-state index contributed by atoms with van der Waals surface area (Å²) in [7, 11) is 0. The van der Waals surface area contributed by atoms with Crippen LogP contribution in [0.15, 0.2) is 24.3 Å². The molecular formula is C19H28N2O. The van der Waals surface area contributed by atoms with Crippen LogP contribution in [0.3, 0.4) is 0 Å². The average molecular weight is 300 g/mol. The molecule has 0 radical (unpaired) electrons. The summed E-state index contributed by atoms with van der Waals surface area (Å²) in [6.45, 7) is 10.4. The molecule has 0 bridgehead atoms. The van der Waals surface area contributed by atoms with Crippen molar-refractivity contribution in [2.45, 2.75) is 51.5 Å². The van der Waals surface area contributed by atoms with Gasteiger partial charge >= 0.3 is 0 Å². The third kappa shape index (κ3) is 3.19. The number of carbonyl (C=O) groups excluding carboxylic acids is 1. The van der Waals surface area contributed by atoms with Crippen LogP contribution in [-0.2, 0) is 5.41 Å². The number of benzene rings is 1. The lowest BCUT2D eigenvalue weighted by Crippen LogP contribution is -2.53. The van der Waals surface area contributed by atoms with Gasteiger partial charge in [0, 0.05) is 37.8 Å². The molecule has 0 aromatic heterocycles. The monoisotopic (exact) mass is 300 g/mol. The summed E-state index contributed by atoms with van der Waals surface area (Å²) in [4.78, 5) is 17.2. The third-order valence-electron chi connectivity index (χ3n) is 5.19. The van der Waals surface area contributed by atoms with E-state index in [9.17, 15) is 4.79 Å². The van der Waals surface area contributed by atoms with E-state index < -0.39 is 0 Å². The average Bonchev–Trinajstić information content (AvgIpc) is 2.45. The van der Waals surface area contributed by atoms with Crippen LogP contribution in [0.2, 0.25) is 0 Å². The van der Waals surface area contributed by atoms with Crippen LogP contribution >= 0.6 is 0 Å². The van der Waals surface area contributed by atoms with E-state index in [1.165, 1.54) is 24.8 Å². The normalized spacial score (nSPS) is 20.8. The van der Waals surface area contributed by atoms with Crippen LogP contribution in [0.1, 0.15) is 56.0 Å². The van der Waals surface area contributed by atoms with Gasteiger partial charge in [0.25, 0.3) is 5.91 Å². The zero-order valence-corrected chi connectivity index (χ0v) is 14.1. The largest absolute Gasteiger partial charge is 0.336 e. The summed E-state index contributed by atoms with van der Waals surface area (Å²) < 4.78 is 0. The minimum absolute atomic E-state index is 0.135. The maximum absolute atomic E-state index is 12.6. The Morgan fingerprint density at radius 1 is 1.00 bits per heavy atom. The van der Waals surface area contributed by atoms with Gasteiger partial charge in [-0.2, -0.15) is 0 Å². The van der Waals surface area contributed by atoms with Crippen molar-refractivity contribution < 1.29 is 4.79 Å². The highest BCUT2D eigenvalue weighted by atomic mass is 16.2. The molecule has 0 atom stereocenters. The lowest BCUT2D eigenvalue weighted by Gasteiger charge is -2.43. The first-order valence-electron chi connectivity index (χ1n) is 8.59. The molecule has 2 fully saturated rings. The number of amides is 1. The van der Waals surface area contributed by atoms with Gasteiger partial charge < -0.3 is 4.90 Å². The Balaban J connectivity index is 1.60. The number of rotatable bonds is 2. The number of piperazine rings is 1. The van der Waals surface area contributed by atoms with Crippen LogP contribution < -0.4 is 0 Å². The first-order chi connectivity index (χ1) is 10.4. The molecule has 120 valence electrons. The highest BCUT2D eigenvalue weighted by Gasteiger charge is 2.29. The highest BCUT2D eigenvalue weighted by Crippen LogP contribution is 2.26. The molecule has 1 aromatic carbocycles. The maximum atomic E-state index is 12.6. The van der Waals surface area contributed by atoms with E-state index in [0.717, 1.165) is 37.8 Å². The van der Waals surface area contributed by atoms with Crippen molar-refractivity contribution >= 4 is 5.91 Å². The molecule has 2 aliphatic rings. The van der Waals surface area contributed by atoms with Gasteiger partial charge in [0.15, 0.2) is 0 Å². The van der Waals surface area contributed by atoms with Gasteiger partial charge in [-0.15, -0.1) is 0 Å². The maximum Gasteiger partial charge on any atom is 0.253 e. The molecular weight excluding hydrogens is 272 g/mol. The standard InChI is InChI=1S/C19H28N2O/c1-19(2,3)16-9-7-15(8-10-16)18(22)21-13-11-20(12-14-21)17-5-4-6-17/h7-10,17H,4-6,11-14H2,1-3H3. The van der Waals surface area contributed by atoms with Crippen molar-refractivity contribution in [2.24, 2.45) is 0 Å². The van der Waals surface area contributed by atoms with Gasteiger partial charge in [0.05, 0.1) is 0 Å². The highest BCUT2D eigenvalue weighted by molar-refractivity contribution is 5.94. The first kappa shape index (κ1) is 15.5. The molecule has 0 unspecified atom stereocenters. The van der Waals surface area contributed by atoms with Crippen molar-refractivity contribution in [2.75, 3.05) is 26.2 Å². The topological polar surface area (TPSA) is 23.6 Å². The van der Waals surface area contributed by atoms with Crippen molar-refractivity contribution in [3.05, 3.63) is 35.4 Å². The van der Waals surface area contributed by atoms with Gasteiger partial charge in [-0.3, -0.25) is 9.69 Å². The Bertz CT molecular complexity index is 517. The minimum Gasteiger partial charge on any atom is -0.336 e. The molecule has 1 aliphatic heterocycles. The molecule has 3 nitrogen and oxygen atoms in total. The van der Waals surface area contributed by atoms with Crippen molar-refractivity contribution in [3.8, 4) is 0 Å². The van der Waals surface area contributed by atoms with Crippen LogP contribution in [0.25, 0.3) is 0 Å². The first-order valence-corrected chi connectivity index (χ1v) is 8.59. The zero-order valence-electron chi connectivity index (χ0n) is 14.1. The van der Waals surface area contributed by atoms with Gasteiger partial charge in [-0.05, 0) is 36.0 Å². The second-order valence-electron chi connectivity index (χ2n) is 7.74. The van der Waals surface area contributed by atoms with E-state index in [0.29, 0.717) is 0 Å². The lowest BCUT2D eigenvalue weighted by atomic mass is 9.86. The summed E-state index contributed by atoms with van der Waals surface area (Å²) in [5, 5.41) is 0. The minimum atomic E-state index is 0.135. The Hall–Kier alpha value is -1.35. The van der Waals surface area contributed by atoms with Crippen molar-refractivity contribution in [1.29, 1.82) is 0 Å². The molecule has 1 aromatic rings. The van der Waals surface area contributed by atoms with Crippen LogP contribution in [0.5, 0.6) is 0 Å². The van der Waals surface area contributed by atoms with E-state index in [1.807, 2.05) is 17.0 Å². The van der Waals surface area contributed by atoms with Gasteiger partial charge in [0.1, 0.15) is 0 Å². The molecule has 22 heavy (non-hydrogen) atoms. The molecule has 3 heteroatoms.